The van der Waals surface area contributed by atoms with E-state index in [2.05, 4.69) is 22.6 Å². The zero-order valence-electron chi connectivity index (χ0n) is 14.7. The van der Waals surface area contributed by atoms with E-state index in [9.17, 15) is 4.79 Å². The number of benzene rings is 2. The number of carbonyl (C=O) groups excluding carboxylic acids is 1. The average molecular weight is 385 g/mol. The molecule has 4 nitrogen and oxygen atoms in total. The lowest BCUT2D eigenvalue weighted by molar-refractivity contribution is -0.114. The van der Waals surface area contributed by atoms with Crippen LogP contribution in [0.5, 0.6) is 5.75 Å². The van der Waals surface area contributed by atoms with Gasteiger partial charge in [0.15, 0.2) is 0 Å². The number of thiazole rings is 1. The average Bonchev–Trinajstić information content (AvgIpc) is 3.08. The molecule has 0 saturated carbocycles. The molecule has 0 bridgehead atoms. The van der Waals surface area contributed by atoms with Gasteiger partial charge in [-0.05, 0) is 43.3 Å². The highest BCUT2D eigenvalue weighted by molar-refractivity contribution is 7.98. The second kappa shape index (κ2) is 8.87. The van der Waals surface area contributed by atoms with Gasteiger partial charge in [0.25, 0.3) is 0 Å². The van der Waals surface area contributed by atoms with Gasteiger partial charge in [0.05, 0.1) is 5.69 Å². The topological polar surface area (TPSA) is 51.2 Å². The van der Waals surface area contributed by atoms with Crippen molar-refractivity contribution in [3.63, 3.8) is 0 Å². The fourth-order valence-corrected chi connectivity index (χ4v) is 3.86. The molecule has 3 aromatic rings. The van der Waals surface area contributed by atoms with Gasteiger partial charge in [-0.3, -0.25) is 4.79 Å². The van der Waals surface area contributed by atoms with Crippen LogP contribution < -0.4 is 10.1 Å². The first-order valence-corrected chi connectivity index (χ1v) is 10.1. The third kappa shape index (κ3) is 5.61. The Labute approximate surface area is 161 Å². The molecule has 0 radical (unpaired) electrons. The van der Waals surface area contributed by atoms with Crippen LogP contribution in [0, 0.1) is 6.92 Å². The van der Waals surface area contributed by atoms with E-state index in [0.29, 0.717) is 6.61 Å². The quantitative estimate of drug-likeness (QED) is 0.563. The van der Waals surface area contributed by atoms with Crippen molar-refractivity contribution >= 4 is 34.7 Å². The zero-order valence-corrected chi connectivity index (χ0v) is 16.3. The largest absolute Gasteiger partial charge is 0.486 e. The van der Waals surface area contributed by atoms with Crippen molar-refractivity contribution in [3.05, 3.63) is 70.2 Å². The monoisotopic (exact) mass is 384 g/mol. The maximum absolute atomic E-state index is 11.0. The Morgan fingerprint density at radius 1 is 1.15 bits per heavy atom. The maximum Gasteiger partial charge on any atom is 0.221 e. The van der Waals surface area contributed by atoms with Gasteiger partial charge in [-0.15, -0.1) is 23.1 Å². The van der Waals surface area contributed by atoms with Crippen molar-refractivity contribution in [3.8, 4) is 5.75 Å². The van der Waals surface area contributed by atoms with E-state index in [1.807, 2.05) is 48.5 Å². The Morgan fingerprint density at radius 2 is 1.88 bits per heavy atom. The van der Waals surface area contributed by atoms with Crippen LogP contribution in [0.15, 0.2) is 58.8 Å². The maximum atomic E-state index is 11.0. The van der Waals surface area contributed by atoms with E-state index in [-0.39, 0.29) is 5.91 Å². The minimum absolute atomic E-state index is 0.0618. The summed E-state index contributed by atoms with van der Waals surface area (Å²) < 4.78 is 5.77. The minimum atomic E-state index is -0.0618. The number of thioether (sulfide) groups is 1. The molecule has 0 atom stereocenters. The molecule has 0 aliphatic rings. The molecule has 0 spiro atoms. The number of hydrogen-bond acceptors (Lipinski definition) is 5. The molecule has 0 fully saturated rings. The molecule has 26 heavy (non-hydrogen) atoms. The van der Waals surface area contributed by atoms with E-state index in [0.717, 1.165) is 32.8 Å². The van der Waals surface area contributed by atoms with Gasteiger partial charge in [-0.1, -0.05) is 17.7 Å². The summed E-state index contributed by atoms with van der Waals surface area (Å²) in [7, 11) is 0. The molecule has 1 heterocycles. The number of amides is 1. The zero-order chi connectivity index (χ0) is 18.4. The summed E-state index contributed by atoms with van der Waals surface area (Å²) in [5.74, 6) is 1.61. The molecule has 3 rings (SSSR count). The molecule has 0 aliphatic heterocycles. The molecule has 1 amide bonds. The Balaban J connectivity index is 1.48. The first kappa shape index (κ1) is 18.5. The van der Waals surface area contributed by atoms with Crippen LogP contribution in [0.4, 0.5) is 5.69 Å². The van der Waals surface area contributed by atoms with E-state index in [4.69, 9.17) is 4.74 Å². The summed E-state index contributed by atoms with van der Waals surface area (Å²) in [6, 6.07) is 15.9. The number of aryl methyl sites for hydroxylation is 1. The fourth-order valence-electron chi connectivity index (χ4n) is 2.26. The van der Waals surface area contributed by atoms with Crippen molar-refractivity contribution in [1.29, 1.82) is 0 Å². The number of ether oxygens (including phenoxy) is 1. The number of rotatable bonds is 7. The molecule has 0 aliphatic carbocycles. The highest BCUT2D eigenvalue weighted by atomic mass is 32.2. The van der Waals surface area contributed by atoms with Crippen LogP contribution in [0.25, 0.3) is 0 Å². The lowest BCUT2D eigenvalue weighted by atomic mass is 10.2. The summed E-state index contributed by atoms with van der Waals surface area (Å²) in [5.41, 5.74) is 3.08. The smallest absolute Gasteiger partial charge is 0.221 e. The summed E-state index contributed by atoms with van der Waals surface area (Å²) >= 11 is 3.34. The SMILES string of the molecule is CC(=O)Nc1ccc(SCc2csc(COc3ccc(C)cc3)n2)cc1. The second-order valence-electron chi connectivity index (χ2n) is 5.83. The van der Waals surface area contributed by atoms with Crippen molar-refractivity contribution in [2.75, 3.05) is 5.32 Å². The molecule has 2 aromatic carbocycles. The van der Waals surface area contributed by atoms with Gasteiger partial charge >= 0.3 is 0 Å². The van der Waals surface area contributed by atoms with E-state index in [1.165, 1.54) is 12.5 Å². The molecule has 1 aromatic heterocycles. The van der Waals surface area contributed by atoms with E-state index in [1.54, 1.807) is 23.1 Å². The first-order chi connectivity index (χ1) is 12.6. The van der Waals surface area contributed by atoms with Crippen molar-refractivity contribution in [2.45, 2.75) is 31.1 Å². The van der Waals surface area contributed by atoms with E-state index >= 15 is 0 Å². The molecular formula is C20H20N2O2S2. The summed E-state index contributed by atoms with van der Waals surface area (Å²) in [5, 5.41) is 5.82. The summed E-state index contributed by atoms with van der Waals surface area (Å²) in [6.45, 7) is 4.05. The molecule has 6 heteroatoms. The highest BCUT2D eigenvalue weighted by Gasteiger charge is 2.05. The van der Waals surface area contributed by atoms with Crippen LogP contribution in [0.3, 0.4) is 0 Å². The number of aromatic nitrogens is 1. The van der Waals surface area contributed by atoms with Crippen molar-refractivity contribution < 1.29 is 9.53 Å². The van der Waals surface area contributed by atoms with Gasteiger partial charge in [0.2, 0.25) is 5.91 Å². The normalized spacial score (nSPS) is 10.5. The van der Waals surface area contributed by atoms with Crippen molar-refractivity contribution in [2.24, 2.45) is 0 Å². The molecule has 0 unspecified atom stereocenters. The van der Waals surface area contributed by atoms with Crippen LogP contribution >= 0.6 is 23.1 Å². The number of hydrogen-bond donors (Lipinski definition) is 1. The predicted molar refractivity (Wildman–Crippen MR) is 108 cm³/mol. The lowest BCUT2D eigenvalue weighted by Gasteiger charge is -2.04. The Kier molecular flexibility index (Phi) is 6.30. The van der Waals surface area contributed by atoms with Crippen molar-refractivity contribution in [1.82, 2.24) is 4.98 Å². The molecule has 1 N–H and O–H groups in total. The van der Waals surface area contributed by atoms with Crippen LogP contribution in [-0.2, 0) is 17.2 Å². The number of anilines is 1. The minimum Gasteiger partial charge on any atom is -0.486 e. The first-order valence-electron chi connectivity index (χ1n) is 8.22. The molecule has 0 saturated heterocycles. The van der Waals surface area contributed by atoms with Gasteiger partial charge in [0, 0.05) is 28.6 Å². The third-order valence-electron chi connectivity index (χ3n) is 3.54. The Morgan fingerprint density at radius 3 is 2.58 bits per heavy atom. The number of carbonyl (C=O) groups is 1. The fraction of sp³-hybridized carbons (Fsp3) is 0.200. The second-order valence-corrected chi connectivity index (χ2v) is 7.82. The van der Waals surface area contributed by atoms with Gasteiger partial charge in [-0.25, -0.2) is 4.98 Å². The van der Waals surface area contributed by atoms with Crippen LogP contribution in [-0.4, -0.2) is 10.9 Å². The standard InChI is InChI=1S/C20H20N2O2S2/c1-14-3-7-18(8-4-14)24-11-20-22-17(13-26-20)12-25-19-9-5-16(6-10-19)21-15(2)23/h3-10,13H,11-12H2,1-2H3,(H,21,23). The summed E-state index contributed by atoms with van der Waals surface area (Å²) in [6.07, 6.45) is 0. The van der Waals surface area contributed by atoms with E-state index < -0.39 is 0 Å². The Bertz CT molecular complexity index is 858. The van der Waals surface area contributed by atoms with Gasteiger partial charge < -0.3 is 10.1 Å². The summed E-state index contributed by atoms with van der Waals surface area (Å²) in [4.78, 5) is 16.8. The number of nitrogens with zero attached hydrogens (tertiary/aromatic N) is 1. The van der Waals surface area contributed by atoms with Crippen LogP contribution in [0.2, 0.25) is 0 Å². The third-order valence-corrected chi connectivity index (χ3v) is 5.46. The van der Waals surface area contributed by atoms with Gasteiger partial charge in [0.1, 0.15) is 17.4 Å². The molecular weight excluding hydrogens is 364 g/mol. The lowest BCUT2D eigenvalue weighted by Crippen LogP contribution is -2.05. The molecule has 134 valence electrons. The number of nitrogens with one attached hydrogen (secondary N) is 1. The van der Waals surface area contributed by atoms with Crippen LogP contribution in [0.1, 0.15) is 23.2 Å². The predicted octanol–water partition coefficient (Wildman–Crippen LogP) is 5.28. The highest BCUT2D eigenvalue weighted by Crippen LogP contribution is 2.25. The Hall–Kier alpha value is -2.31. The van der Waals surface area contributed by atoms with Gasteiger partial charge in [-0.2, -0.15) is 0 Å².